The van der Waals surface area contributed by atoms with Gasteiger partial charge in [0.05, 0.1) is 19.1 Å². The number of carbonyl (C=O) groups excluding carboxylic acids is 1. The number of methoxy groups -OCH3 is 1. The molecule has 4 nitrogen and oxygen atoms in total. The van der Waals surface area contributed by atoms with E-state index in [2.05, 4.69) is 17.0 Å². The number of rotatable bonds is 7. The van der Waals surface area contributed by atoms with E-state index in [0.29, 0.717) is 6.42 Å². The highest BCUT2D eigenvalue weighted by Gasteiger charge is 2.51. The van der Waals surface area contributed by atoms with E-state index in [0.717, 1.165) is 30.5 Å². The molecule has 182 valence electrons. The average molecular weight is 478 g/mol. The Labute approximate surface area is 204 Å². The highest BCUT2D eigenvalue weighted by atomic mass is 19.1. The van der Waals surface area contributed by atoms with Gasteiger partial charge in [-0.3, -0.25) is 9.69 Å². The maximum atomic E-state index is 13.7. The zero-order chi connectivity index (χ0) is 24.4. The minimum absolute atomic E-state index is 0.00786. The quantitative estimate of drug-likeness (QED) is 0.412. The van der Waals surface area contributed by atoms with Gasteiger partial charge < -0.3 is 9.47 Å². The molecule has 2 aliphatic rings. The molecule has 3 aromatic rings. The van der Waals surface area contributed by atoms with E-state index < -0.39 is 12.0 Å². The third-order valence-corrected chi connectivity index (χ3v) is 7.35. The molecular weight excluding hydrogens is 448 g/mol. The molecule has 5 rings (SSSR count). The fourth-order valence-electron chi connectivity index (χ4n) is 5.69. The summed E-state index contributed by atoms with van der Waals surface area (Å²) >= 11 is 0. The van der Waals surface area contributed by atoms with Gasteiger partial charge in [-0.05, 0) is 60.2 Å². The van der Waals surface area contributed by atoms with E-state index in [4.69, 9.17) is 9.47 Å². The third-order valence-electron chi connectivity index (χ3n) is 7.35. The zero-order valence-electron chi connectivity index (χ0n) is 19.6. The van der Waals surface area contributed by atoms with Crippen LogP contribution in [0.1, 0.15) is 42.1 Å². The van der Waals surface area contributed by atoms with Gasteiger partial charge in [-0.2, -0.15) is 0 Å². The van der Waals surface area contributed by atoms with Crippen molar-refractivity contribution in [3.05, 3.63) is 107 Å². The molecule has 4 atom stereocenters. The van der Waals surface area contributed by atoms with Gasteiger partial charge in [0, 0.05) is 18.6 Å². The van der Waals surface area contributed by atoms with Crippen LogP contribution in [0.5, 0.6) is 0 Å². The summed E-state index contributed by atoms with van der Waals surface area (Å²) in [4.78, 5) is 15.5. The molecule has 0 aliphatic carbocycles. The Morgan fingerprint density at radius 2 is 1.51 bits per heavy atom. The highest BCUT2D eigenvalue weighted by Crippen LogP contribution is 2.44. The van der Waals surface area contributed by atoms with Crippen molar-refractivity contribution in [2.75, 3.05) is 7.11 Å². The van der Waals surface area contributed by atoms with Crippen molar-refractivity contribution in [3.8, 4) is 0 Å². The molecule has 2 fully saturated rings. The highest BCUT2D eigenvalue weighted by molar-refractivity contribution is 5.74. The Kier molecular flexibility index (Phi) is 6.93. The van der Waals surface area contributed by atoms with Crippen molar-refractivity contribution < 1.29 is 23.0 Å². The predicted octanol–water partition coefficient (Wildman–Crippen LogP) is 5.67. The number of ether oxygens (including phenoxy) is 2. The molecule has 0 amide bonds. The van der Waals surface area contributed by atoms with Crippen LogP contribution >= 0.6 is 0 Å². The number of hydrogen-bond acceptors (Lipinski definition) is 4. The first-order valence-corrected chi connectivity index (χ1v) is 12.1. The molecule has 0 radical (unpaired) electrons. The smallest absolute Gasteiger partial charge is 0.312 e. The lowest BCUT2D eigenvalue weighted by Gasteiger charge is -2.44. The summed E-state index contributed by atoms with van der Waals surface area (Å²) in [5, 5.41) is 0. The molecule has 0 aromatic heterocycles. The molecular formula is C29H29F2NO3. The van der Waals surface area contributed by atoms with Crippen LogP contribution in [0.3, 0.4) is 0 Å². The van der Waals surface area contributed by atoms with Crippen molar-refractivity contribution in [2.45, 2.75) is 50.1 Å². The van der Waals surface area contributed by atoms with E-state index in [1.807, 2.05) is 18.2 Å². The van der Waals surface area contributed by atoms with E-state index in [1.165, 1.54) is 36.9 Å². The normalized spacial score (nSPS) is 24.0. The lowest BCUT2D eigenvalue weighted by atomic mass is 9.86. The Morgan fingerprint density at radius 3 is 2.09 bits per heavy atom. The first kappa shape index (κ1) is 23.6. The summed E-state index contributed by atoms with van der Waals surface area (Å²) in [6.45, 7) is 0.774. The number of fused-ring (bicyclic) bond motifs is 2. The molecule has 0 saturated carbocycles. The molecule has 2 aliphatic heterocycles. The van der Waals surface area contributed by atoms with Gasteiger partial charge in [-0.15, -0.1) is 0 Å². The lowest BCUT2D eigenvalue weighted by molar-refractivity contribution is -0.163. The van der Waals surface area contributed by atoms with Crippen LogP contribution in [0.15, 0.2) is 78.9 Å². The molecule has 3 aromatic carbocycles. The predicted molar refractivity (Wildman–Crippen MR) is 128 cm³/mol. The van der Waals surface area contributed by atoms with Crippen LogP contribution < -0.4 is 0 Å². The average Bonchev–Trinajstić information content (AvgIpc) is 3.14. The monoisotopic (exact) mass is 477 g/mol. The van der Waals surface area contributed by atoms with Crippen LogP contribution in [0.25, 0.3) is 0 Å². The third kappa shape index (κ3) is 5.00. The summed E-state index contributed by atoms with van der Waals surface area (Å²) in [7, 11) is 1.42. The number of halogens is 2. The molecule has 0 unspecified atom stereocenters. The summed E-state index contributed by atoms with van der Waals surface area (Å²) in [6, 6.07) is 22.8. The van der Waals surface area contributed by atoms with Crippen LogP contribution in [0.2, 0.25) is 0 Å². The molecule has 2 heterocycles. The van der Waals surface area contributed by atoms with Gasteiger partial charge in [0.15, 0.2) is 0 Å². The van der Waals surface area contributed by atoms with Crippen molar-refractivity contribution >= 4 is 5.97 Å². The number of esters is 1. The standard InChI is InChI=1S/C29H29F2NO3/c1-34-29(33)27-25-16-15-24(32(25)18-19-5-3-2-4-6-19)17-26(27)35-28(20-7-11-22(30)12-8-20)21-9-13-23(31)14-10-21/h2-14,24-28H,15-18H2,1H3/t24-,25+,26+,27+/m1/s1. The number of carbonyl (C=O) groups is 1. The van der Waals surface area contributed by atoms with Crippen LogP contribution in [0.4, 0.5) is 8.78 Å². The molecule has 0 spiro atoms. The van der Waals surface area contributed by atoms with E-state index in [9.17, 15) is 13.6 Å². The Bertz CT molecular complexity index is 1090. The summed E-state index contributed by atoms with van der Waals surface area (Å²) in [5.74, 6) is -1.42. The Hall–Kier alpha value is -3.09. The number of piperidine rings is 1. The molecule has 35 heavy (non-hydrogen) atoms. The van der Waals surface area contributed by atoms with Gasteiger partial charge >= 0.3 is 5.97 Å². The fraction of sp³-hybridized carbons (Fsp3) is 0.345. The van der Waals surface area contributed by atoms with Crippen LogP contribution in [-0.4, -0.2) is 36.2 Å². The lowest BCUT2D eigenvalue weighted by Crippen LogP contribution is -2.54. The maximum absolute atomic E-state index is 13.7. The van der Waals surface area contributed by atoms with Gasteiger partial charge in [-0.25, -0.2) is 8.78 Å². The second-order valence-corrected chi connectivity index (χ2v) is 9.40. The van der Waals surface area contributed by atoms with Gasteiger partial charge in [0.25, 0.3) is 0 Å². The molecule has 2 bridgehead atoms. The van der Waals surface area contributed by atoms with Crippen molar-refractivity contribution in [2.24, 2.45) is 5.92 Å². The van der Waals surface area contributed by atoms with E-state index >= 15 is 0 Å². The Morgan fingerprint density at radius 1 is 0.914 bits per heavy atom. The van der Waals surface area contributed by atoms with Crippen molar-refractivity contribution in [1.29, 1.82) is 0 Å². The summed E-state index contributed by atoms with van der Waals surface area (Å²) in [5.41, 5.74) is 2.71. The minimum atomic E-state index is -0.562. The van der Waals surface area contributed by atoms with Gasteiger partial charge in [-0.1, -0.05) is 54.6 Å². The first-order valence-electron chi connectivity index (χ1n) is 12.1. The van der Waals surface area contributed by atoms with Gasteiger partial charge in [0.2, 0.25) is 0 Å². The fourth-order valence-corrected chi connectivity index (χ4v) is 5.69. The molecule has 2 saturated heterocycles. The summed E-state index contributed by atoms with van der Waals surface area (Å²) < 4.78 is 39.2. The molecule has 6 heteroatoms. The maximum Gasteiger partial charge on any atom is 0.312 e. The zero-order valence-corrected chi connectivity index (χ0v) is 19.6. The Balaban J connectivity index is 1.45. The molecule has 0 N–H and O–H groups in total. The number of nitrogens with zero attached hydrogens (tertiary/aromatic N) is 1. The number of benzene rings is 3. The SMILES string of the molecule is COC(=O)[C@@H]1[C@@H](OC(c2ccc(F)cc2)c2ccc(F)cc2)C[C@H]2CC[C@@H]1N2Cc1ccccc1. The first-order chi connectivity index (χ1) is 17.0. The summed E-state index contributed by atoms with van der Waals surface area (Å²) in [6.07, 6.45) is 1.62. The van der Waals surface area contributed by atoms with Gasteiger partial charge in [0.1, 0.15) is 17.7 Å². The minimum Gasteiger partial charge on any atom is -0.469 e. The van der Waals surface area contributed by atoms with Crippen LogP contribution in [0, 0.1) is 17.6 Å². The topological polar surface area (TPSA) is 38.8 Å². The van der Waals surface area contributed by atoms with Crippen molar-refractivity contribution in [1.82, 2.24) is 4.90 Å². The largest absolute Gasteiger partial charge is 0.469 e. The second-order valence-electron chi connectivity index (χ2n) is 9.40. The van der Waals surface area contributed by atoms with E-state index in [1.54, 1.807) is 24.3 Å². The van der Waals surface area contributed by atoms with E-state index in [-0.39, 0.29) is 35.8 Å². The van der Waals surface area contributed by atoms with Crippen LogP contribution in [-0.2, 0) is 20.8 Å². The van der Waals surface area contributed by atoms with Crippen molar-refractivity contribution in [3.63, 3.8) is 0 Å². The second kappa shape index (κ2) is 10.3. The number of hydrogen-bond donors (Lipinski definition) is 0.